The van der Waals surface area contributed by atoms with Crippen molar-refractivity contribution in [3.8, 4) is 5.75 Å². The highest BCUT2D eigenvalue weighted by atomic mass is 32.3. The number of ether oxygens (including phenoxy) is 8. The zero-order chi connectivity index (χ0) is 31.8. The van der Waals surface area contributed by atoms with Gasteiger partial charge in [-0.15, -0.1) is 0 Å². The molecule has 1 aromatic carbocycles. The van der Waals surface area contributed by atoms with Crippen molar-refractivity contribution in [3.63, 3.8) is 0 Å². The molecule has 0 amide bonds. The topological polar surface area (TPSA) is 137 Å². The fourth-order valence-corrected chi connectivity index (χ4v) is 4.16. The van der Waals surface area contributed by atoms with Gasteiger partial charge in [0.1, 0.15) is 12.4 Å². The number of unbranched alkanes of at least 4 members (excludes halogenated alkanes) is 6. The van der Waals surface area contributed by atoms with Crippen LogP contribution >= 0.6 is 0 Å². The van der Waals surface area contributed by atoms with E-state index in [4.69, 9.17) is 42.4 Å². The fourth-order valence-electron chi connectivity index (χ4n) is 3.88. The molecule has 1 rings (SSSR count). The molecule has 0 aliphatic carbocycles. The van der Waals surface area contributed by atoms with Crippen molar-refractivity contribution in [2.45, 2.75) is 58.3 Å². The summed E-state index contributed by atoms with van der Waals surface area (Å²) in [4.78, 5) is 0. The maximum absolute atomic E-state index is 10.3. The largest absolute Gasteiger partial charge is 0.491 e. The first-order chi connectivity index (χ1) is 21.5. The predicted molar refractivity (Wildman–Crippen MR) is 167 cm³/mol. The molecular formula is C31H56O12S. The minimum Gasteiger partial charge on any atom is -0.491 e. The summed E-state index contributed by atoms with van der Waals surface area (Å²) in [6.07, 6.45) is 10.5. The Balaban J connectivity index is 1.74. The highest BCUT2D eigenvalue weighted by Gasteiger charge is 2.03. The lowest BCUT2D eigenvalue weighted by molar-refractivity contribution is -0.0219. The minimum absolute atomic E-state index is 0.0366. The van der Waals surface area contributed by atoms with E-state index in [9.17, 15) is 8.42 Å². The third kappa shape index (κ3) is 29.3. The Hall–Kier alpha value is -1.39. The summed E-state index contributed by atoms with van der Waals surface area (Å²) < 4.78 is 76.7. The summed E-state index contributed by atoms with van der Waals surface area (Å²) >= 11 is 0. The maximum atomic E-state index is 10.3. The third-order valence-electron chi connectivity index (χ3n) is 6.18. The fraction of sp³-hybridized carbons (Fsp3) is 0.806. The first kappa shape index (κ1) is 40.6. The van der Waals surface area contributed by atoms with Crippen LogP contribution in [0.3, 0.4) is 0 Å². The summed E-state index contributed by atoms with van der Waals surface area (Å²) in [7, 11) is -4.42. The molecule has 0 heterocycles. The third-order valence-corrected chi connectivity index (χ3v) is 6.65. The molecule has 0 fully saturated rings. The zero-order valence-electron chi connectivity index (χ0n) is 26.6. The number of aryl methyl sites for hydroxylation is 1. The average molecular weight is 653 g/mol. The molecular weight excluding hydrogens is 596 g/mol. The van der Waals surface area contributed by atoms with Crippen LogP contribution in [0, 0.1) is 0 Å². The van der Waals surface area contributed by atoms with Crippen molar-refractivity contribution in [2.75, 3.05) is 106 Å². The van der Waals surface area contributed by atoms with Crippen LogP contribution in [0.15, 0.2) is 24.3 Å². The lowest BCUT2D eigenvalue weighted by Gasteiger charge is -2.09. The van der Waals surface area contributed by atoms with Crippen molar-refractivity contribution >= 4 is 10.4 Å². The van der Waals surface area contributed by atoms with E-state index < -0.39 is 10.4 Å². The average Bonchev–Trinajstić information content (AvgIpc) is 3.00. The Labute approximate surface area is 264 Å². The van der Waals surface area contributed by atoms with Gasteiger partial charge in [-0.05, 0) is 30.5 Å². The van der Waals surface area contributed by atoms with Crippen molar-refractivity contribution in [3.05, 3.63) is 29.8 Å². The Kier molecular flexibility index (Phi) is 28.0. The Morgan fingerprint density at radius 2 is 0.864 bits per heavy atom. The molecule has 44 heavy (non-hydrogen) atoms. The smallest absolute Gasteiger partial charge is 0.397 e. The molecule has 0 atom stereocenters. The minimum atomic E-state index is -4.42. The van der Waals surface area contributed by atoms with E-state index in [1.807, 2.05) is 12.1 Å². The molecule has 1 aromatic rings. The van der Waals surface area contributed by atoms with Gasteiger partial charge < -0.3 is 37.9 Å². The molecule has 1 N–H and O–H groups in total. The highest BCUT2D eigenvalue weighted by molar-refractivity contribution is 7.80. The van der Waals surface area contributed by atoms with Crippen molar-refractivity contribution < 1.29 is 55.0 Å². The van der Waals surface area contributed by atoms with Gasteiger partial charge in [0.2, 0.25) is 0 Å². The van der Waals surface area contributed by atoms with E-state index in [0.717, 1.165) is 12.2 Å². The van der Waals surface area contributed by atoms with Gasteiger partial charge in [0.15, 0.2) is 0 Å². The second kappa shape index (κ2) is 30.3. The quantitative estimate of drug-likeness (QED) is 0.0840. The number of hydrogen-bond donors (Lipinski definition) is 1. The van der Waals surface area contributed by atoms with E-state index in [1.165, 1.54) is 50.5 Å². The van der Waals surface area contributed by atoms with Crippen LogP contribution < -0.4 is 4.74 Å². The Bertz CT molecular complexity index is 839. The first-order valence-electron chi connectivity index (χ1n) is 15.9. The molecule has 0 unspecified atom stereocenters. The molecule has 0 radical (unpaired) electrons. The van der Waals surface area contributed by atoms with Gasteiger partial charge in [-0.2, -0.15) is 8.42 Å². The van der Waals surface area contributed by atoms with Gasteiger partial charge in [-0.25, -0.2) is 4.18 Å². The molecule has 0 saturated heterocycles. The summed E-state index contributed by atoms with van der Waals surface area (Å²) in [6, 6.07) is 8.40. The van der Waals surface area contributed by atoms with Crippen LogP contribution in [0.1, 0.15) is 57.4 Å². The molecule has 0 spiro atoms. The van der Waals surface area contributed by atoms with Crippen LogP contribution in [0.25, 0.3) is 0 Å². The Morgan fingerprint density at radius 1 is 0.500 bits per heavy atom. The van der Waals surface area contributed by atoms with Crippen LogP contribution in [-0.2, 0) is 54.2 Å². The molecule has 0 aliphatic rings. The number of hydrogen-bond acceptors (Lipinski definition) is 11. The van der Waals surface area contributed by atoms with Crippen LogP contribution in [0.5, 0.6) is 5.75 Å². The second-order valence-corrected chi connectivity index (χ2v) is 11.0. The summed E-state index contributed by atoms with van der Waals surface area (Å²) in [5, 5.41) is 0. The zero-order valence-corrected chi connectivity index (χ0v) is 27.4. The summed E-state index contributed by atoms with van der Waals surface area (Å²) in [5.41, 5.74) is 1.37. The van der Waals surface area contributed by atoms with Gasteiger partial charge in [-0.1, -0.05) is 57.6 Å². The van der Waals surface area contributed by atoms with E-state index in [-0.39, 0.29) is 19.8 Å². The molecule has 0 bridgehead atoms. The SMILES string of the molecule is CCCCCCCCCc1ccc(OCCOCCOCCOCCOCCOCCOCCOCCOS(=O)(=O)O)cc1. The standard InChI is InChI=1S/C31H56O12S/c1-2-3-4-5-6-7-8-9-30-10-12-31(13-11-30)42-28-26-40-24-22-38-20-18-36-16-14-35-15-17-37-19-21-39-23-25-41-27-29-43-44(32,33)34/h10-13H,2-9,14-29H2,1H3,(H,32,33,34). The predicted octanol–water partition coefficient (Wildman–Crippen LogP) is 4.29. The van der Waals surface area contributed by atoms with Gasteiger partial charge >= 0.3 is 10.4 Å². The van der Waals surface area contributed by atoms with E-state index in [0.29, 0.717) is 85.9 Å². The monoisotopic (exact) mass is 652 g/mol. The first-order valence-corrected chi connectivity index (χ1v) is 17.3. The van der Waals surface area contributed by atoms with Crippen molar-refractivity contribution in [2.24, 2.45) is 0 Å². The number of rotatable bonds is 34. The molecule has 12 nitrogen and oxygen atoms in total. The van der Waals surface area contributed by atoms with E-state index >= 15 is 0 Å². The molecule has 258 valence electrons. The molecule has 0 aromatic heterocycles. The van der Waals surface area contributed by atoms with Crippen LogP contribution in [0.2, 0.25) is 0 Å². The Morgan fingerprint density at radius 3 is 1.27 bits per heavy atom. The van der Waals surface area contributed by atoms with Gasteiger partial charge in [-0.3, -0.25) is 4.55 Å². The maximum Gasteiger partial charge on any atom is 0.397 e. The summed E-state index contributed by atoms with van der Waals surface area (Å²) in [6.45, 7) is 8.39. The van der Waals surface area contributed by atoms with Crippen molar-refractivity contribution in [1.29, 1.82) is 0 Å². The molecule has 13 heteroatoms. The van der Waals surface area contributed by atoms with E-state index in [2.05, 4.69) is 23.2 Å². The van der Waals surface area contributed by atoms with Gasteiger partial charge in [0, 0.05) is 0 Å². The second-order valence-electron chi connectivity index (χ2n) is 9.90. The molecule has 0 aliphatic heterocycles. The van der Waals surface area contributed by atoms with Gasteiger partial charge in [0.05, 0.1) is 99.1 Å². The number of benzene rings is 1. The summed E-state index contributed by atoms with van der Waals surface area (Å²) in [5.74, 6) is 0.874. The lowest BCUT2D eigenvalue weighted by atomic mass is 10.0. The lowest BCUT2D eigenvalue weighted by Crippen LogP contribution is -2.15. The normalized spacial score (nSPS) is 11.8. The van der Waals surface area contributed by atoms with Crippen molar-refractivity contribution in [1.82, 2.24) is 0 Å². The van der Waals surface area contributed by atoms with E-state index in [1.54, 1.807) is 0 Å². The highest BCUT2D eigenvalue weighted by Crippen LogP contribution is 2.15. The van der Waals surface area contributed by atoms with Crippen LogP contribution in [0.4, 0.5) is 0 Å². The van der Waals surface area contributed by atoms with Gasteiger partial charge in [0.25, 0.3) is 0 Å². The van der Waals surface area contributed by atoms with Crippen LogP contribution in [-0.4, -0.2) is 119 Å². The molecule has 0 saturated carbocycles.